The van der Waals surface area contributed by atoms with Gasteiger partial charge < -0.3 is 10.1 Å². The van der Waals surface area contributed by atoms with Gasteiger partial charge in [-0.1, -0.05) is 58.0 Å². The number of benzene rings is 1. The lowest BCUT2D eigenvalue weighted by Gasteiger charge is -2.18. The molecule has 1 aliphatic rings. The molecule has 5 heteroatoms. The summed E-state index contributed by atoms with van der Waals surface area (Å²) < 4.78 is 5.44. The fourth-order valence-electron chi connectivity index (χ4n) is 2.10. The SMILES string of the molecule is CC.CC.CCNC(=O)C(C(=O)Oc1ccccc1C)C1=CSCC=C1. The van der Waals surface area contributed by atoms with Crippen molar-refractivity contribution < 1.29 is 14.3 Å². The zero-order valence-corrected chi connectivity index (χ0v) is 17.5. The largest absolute Gasteiger partial charge is 0.425 e. The van der Waals surface area contributed by atoms with E-state index >= 15 is 0 Å². The second-order valence-electron chi connectivity index (χ2n) is 4.87. The standard InChI is InChI=1S/C17H19NO3S.2C2H6/c1-3-18-16(19)15(13-8-6-10-22-11-13)17(20)21-14-9-5-4-7-12(14)2;2*1-2/h4-9,11,15H,3,10H2,1-2H3,(H,18,19);2*1-2H3. The van der Waals surface area contributed by atoms with Gasteiger partial charge in [0.15, 0.2) is 5.92 Å². The maximum Gasteiger partial charge on any atom is 0.328 e. The monoisotopic (exact) mass is 377 g/mol. The van der Waals surface area contributed by atoms with Gasteiger partial charge in [0.05, 0.1) is 0 Å². The molecule has 0 aliphatic carbocycles. The molecule has 0 bridgehead atoms. The van der Waals surface area contributed by atoms with Gasteiger partial charge in [-0.25, -0.2) is 0 Å². The number of allylic oxidation sites excluding steroid dienone is 1. The fourth-order valence-corrected chi connectivity index (χ4v) is 2.81. The van der Waals surface area contributed by atoms with Gasteiger partial charge in [-0.3, -0.25) is 9.59 Å². The molecule has 0 saturated carbocycles. The van der Waals surface area contributed by atoms with Crippen LogP contribution < -0.4 is 10.1 Å². The first-order valence-electron chi connectivity index (χ1n) is 9.16. The summed E-state index contributed by atoms with van der Waals surface area (Å²) in [6.07, 6.45) is 3.75. The van der Waals surface area contributed by atoms with E-state index < -0.39 is 11.9 Å². The molecule has 0 fully saturated rings. The van der Waals surface area contributed by atoms with Crippen molar-refractivity contribution in [1.82, 2.24) is 5.32 Å². The van der Waals surface area contributed by atoms with E-state index in [1.54, 1.807) is 23.9 Å². The highest BCUT2D eigenvalue weighted by atomic mass is 32.2. The summed E-state index contributed by atoms with van der Waals surface area (Å²) in [5.41, 5.74) is 1.52. The number of thioether (sulfide) groups is 1. The lowest BCUT2D eigenvalue weighted by Crippen LogP contribution is -2.38. The lowest BCUT2D eigenvalue weighted by molar-refractivity contribution is -0.142. The number of aryl methyl sites for hydroxylation is 1. The number of amides is 1. The van der Waals surface area contributed by atoms with Crippen molar-refractivity contribution in [2.75, 3.05) is 12.3 Å². The van der Waals surface area contributed by atoms with Gasteiger partial charge in [0.25, 0.3) is 0 Å². The zero-order valence-electron chi connectivity index (χ0n) is 16.7. The number of rotatable bonds is 5. The molecular weight excluding hydrogens is 346 g/mol. The third-order valence-corrected chi connectivity index (χ3v) is 4.03. The quantitative estimate of drug-likeness (QED) is 0.451. The minimum Gasteiger partial charge on any atom is -0.425 e. The van der Waals surface area contributed by atoms with Gasteiger partial charge in [-0.05, 0) is 36.5 Å². The third kappa shape index (κ3) is 7.48. The van der Waals surface area contributed by atoms with Crippen LogP contribution in [0.2, 0.25) is 0 Å². The molecule has 144 valence electrons. The first kappa shape index (κ1) is 24.0. The van der Waals surface area contributed by atoms with Crippen LogP contribution in [0.3, 0.4) is 0 Å². The molecule has 1 heterocycles. The molecule has 1 aromatic carbocycles. The van der Waals surface area contributed by atoms with Crippen LogP contribution in [0.1, 0.15) is 40.2 Å². The highest BCUT2D eigenvalue weighted by Gasteiger charge is 2.31. The Balaban J connectivity index is 0.00000146. The lowest BCUT2D eigenvalue weighted by atomic mass is 9.99. The van der Waals surface area contributed by atoms with E-state index in [1.165, 1.54) is 0 Å². The first-order valence-corrected chi connectivity index (χ1v) is 10.2. The number of para-hydroxylation sites is 1. The van der Waals surface area contributed by atoms with Crippen LogP contribution >= 0.6 is 11.8 Å². The number of esters is 1. The molecule has 2 rings (SSSR count). The summed E-state index contributed by atoms with van der Waals surface area (Å²) in [6, 6.07) is 7.25. The average Bonchev–Trinajstić information content (AvgIpc) is 2.68. The Labute approximate surface area is 162 Å². The van der Waals surface area contributed by atoms with E-state index in [2.05, 4.69) is 5.32 Å². The summed E-state index contributed by atoms with van der Waals surface area (Å²) in [4.78, 5) is 24.8. The fraction of sp³-hybridized carbons (Fsp3) is 0.429. The minimum absolute atomic E-state index is 0.334. The summed E-state index contributed by atoms with van der Waals surface area (Å²) in [5.74, 6) is -0.505. The summed E-state index contributed by atoms with van der Waals surface area (Å²) in [5, 5.41) is 4.55. The van der Waals surface area contributed by atoms with Gasteiger partial charge in [-0.2, -0.15) is 0 Å². The van der Waals surface area contributed by atoms with E-state index in [1.807, 2.05) is 71.2 Å². The van der Waals surface area contributed by atoms with Crippen LogP contribution in [0.25, 0.3) is 0 Å². The number of ether oxygens (including phenoxy) is 1. The van der Waals surface area contributed by atoms with E-state index in [9.17, 15) is 9.59 Å². The summed E-state index contributed by atoms with van der Waals surface area (Å²) in [7, 11) is 0. The van der Waals surface area contributed by atoms with Crippen LogP contribution in [0.4, 0.5) is 0 Å². The molecule has 1 aromatic rings. The van der Waals surface area contributed by atoms with Crippen LogP contribution in [0, 0.1) is 12.8 Å². The van der Waals surface area contributed by atoms with Crippen molar-refractivity contribution in [3.8, 4) is 5.75 Å². The predicted octanol–water partition coefficient (Wildman–Crippen LogP) is 4.89. The molecule has 0 radical (unpaired) electrons. The molecule has 0 saturated heterocycles. The second-order valence-corrected chi connectivity index (χ2v) is 5.77. The number of carbonyl (C=O) groups is 2. The maximum atomic E-state index is 12.5. The number of nitrogens with one attached hydrogen (secondary N) is 1. The molecule has 1 N–H and O–H groups in total. The Morgan fingerprint density at radius 2 is 1.85 bits per heavy atom. The molecule has 0 spiro atoms. The van der Waals surface area contributed by atoms with Crippen LogP contribution in [-0.4, -0.2) is 24.2 Å². The number of carbonyl (C=O) groups excluding carboxylic acids is 2. The van der Waals surface area contributed by atoms with Gasteiger partial charge in [-0.15, -0.1) is 11.8 Å². The van der Waals surface area contributed by atoms with E-state index in [-0.39, 0.29) is 5.91 Å². The Morgan fingerprint density at radius 3 is 2.38 bits per heavy atom. The molecule has 1 aliphatic heterocycles. The Hall–Kier alpha value is -2.01. The molecule has 1 amide bonds. The first-order chi connectivity index (χ1) is 12.6. The Kier molecular flexibility index (Phi) is 13.1. The van der Waals surface area contributed by atoms with Crippen LogP contribution in [-0.2, 0) is 9.59 Å². The maximum absolute atomic E-state index is 12.5. The van der Waals surface area contributed by atoms with Crippen molar-refractivity contribution in [2.24, 2.45) is 5.92 Å². The topological polar surface area (TPSA) is 55.4 Å². The molecule has 1 atom stereocenters. The molecule has 4 nitrogen and oxygen atoms in total. The highest BCUT2D eigenvalue weighted by molar-refractivity contribution is 8.02. The van der Waals surface area contributed by atoms with E-state index in [4.69, 9.17) is 4.74 Å². The van der Waals surface area contributed by atoms with Gasteiger partial charge in [0.2, 0.25) is 5.91 Å². The van der Waals surface area contributed by atoms with Crippen molar-refractivity contribution in [3.63, 3.8) is 0 Å². The number of hydrogen-bond acceptors (Lipinski definition) is 4. The molecule has 1 unspecified atom stereocenters. The average molecular weight is 378 g/mol. The zero-order chi connectivity index (χ0) is 19.9. The van der Waals surface area contributed by atoms with Crippen molar-refractivity contribution in [1.29, 1.82) is 0 Å². The van der Waals surface area contributed by atoms with Crippen LogP contribution in [0.5, 0.6) is 5.75 Å². The van der Waals surface area contributed by atoms with Crippen LogP contribution in [0.15, 0.2) is 47.4 Å². The van der Waals surface area contributed by atoms with E-state index in [0.717, 1.165) is 11.3 Å². The molecule has 26 heavy (non-hydrogen) atoms. The predicted molar refractivity (Wildman–Crippen MR) is 111 cm³/mol. The van der Waals surface area contributed by atoms with Crippen molar-refractivity contribution >= 4 is 23.6 Å². The smallest absolute Gasteiger partial charge is 0.328 e. The Bertz CT molecular complexity index is 623. The number of hydrogen-bond donors (Lipinski definition) is 1. The van der Waals surface area contributed by atoms with Crippen molar-refractivity contribution in [2.45, 2.75) is 41.5 Å². The summed E-state index contributed by atoms with van der Waals surface area (Å²) >= 11 is 1.56. The Morgan fingerprint density at radius 1 is 1.19 bits per heavy atom. The van der Waals surface area contributed by atoms with E-state index in [0.29, 0.717) is 17.9 Å². The summed E-state index contributed by atoms with van der Waals surface area (Å²) in [6.45, 7) is 12.2. The minimum atomic E-state index is -0.941. The molecular formula is C21H31NO3S. The normalized spacial score (nSPS) is 13.1. The molecule has 0 aromatic heterocycles. The van der Waals surface area contributed by atoms with Gasteiger partial charge in [0, 0.05) is 12.3 Å². The highest BCUT2D eigenvalue weighted by Crippen LogP contribution is 2.25. The second kappa shape index (κ2) is 14.2. The van der Waals surface area contributed by atoms with Gasteiger partial charge >= 0.3 is 5.97 Å². The third-order valence-electron chi connectivity index (χ3n) is 3.21. The van der Waals surface area contributed by atoms with Gasteiger partial charge in [0.1, 0.15) is 5.75 Å². The van der Waals surface area contributed by atoms with Crippen molar-refractivity contribution in [3.05, 3.63) is 53.0 Å².